The van der Waals surface area contributed by atoms with Crippen LogP contribution in [0.1, 0.15) is 57.4 Å². The van der Waals surface area contributed by atoms with Gasteiger partial charge in [0.05, 0.1) is 13.2 Å². The maximum Gasteiger partial charge on any atom is 0.122 e. The van der Waals surface area contributed by atoms with E-state index in [0.717, 1.165) is 31.1 Å². The fourth-order valence-electron chi connectivity index (χ4n) is 2.95. The monoisotopic (exact) mass is 348 g/mol. The Morgan fingerprint density at radius 3 is 2.20 bits per heavy atom. The van der Waals surface area contributed by atoms with Crippen LogP contribution >= 0.6 is 0 Å². The van der Waals surface area contributed by atoms with Gasteiger partial charge in [0.25, 0.3) is 0 Å². The van der Waals surface area contributed by atoms with Gasteiger partial charge in [-0.05, 0) is 36.6 Å². The molecule has 2 unspecified atom stereocenters. The van der Waals surface area contributed by atoms with Gasteiger partial charge in [0.2, 0.25) is 0 Å². The summed E-state index contributed by atoms with van der Waals surface area (Å²) in [5, 5.41) is 0. The molecule has 2 aliphatic heterocycles. The Morgan fingerprint density at radius 2 is 1.52 bits per heavy atom. The summed E-state index contributed by atoms with van der Waals surface area (Å²) in [6.07, 6.45) is 10.9. The zero-order valence-corrected chi connectivity index (χ0v) is 15.5. The largest absolute Gasteiger partial charge is 0.491 e. The highest BCUT2D eigenvalue weighted by Gasteiger charge is 2.24. The summed E-state index contributed by atoms with van der Waals surface area (Å²) in [5.74, 6) is 1.90. The SMILES string of the molecule is CCCCCCCCCc1cc(OCC2CO2)ccc1OCC1CO1. The summed E-state index contributed by atoms with van der Waals surface area (Å²) < 4.78 is 22.2. The lowest BCUT2D eigenvalue weighted by molar-refractivity contribution is 0.255. The van der Waals surface area contributed by atoms with E-state index in [4.69, 9.17) is 18.9 Å². The molecule has 1 aromatic carbocycles. The molecule has 2 saturated heterocycles. The van der Waals surface area contributed by atoms with Crippen molar-refractivity contribution in [3.63, 3.8) is 0 Å². The maximum atomic E-state index is 5.96. The molecule has 2 atom stereocenters. The first-order valence-electron chi connectivity index (χ1n) is 9.97. The minimum absolute atomic E-state index is 0.286. The van der Waals surface area contributed by atoms with Gasteiger partial charge in [-0.15, -0.1) is 0 Å². The van der Waals surface area contributed by atoms with Crippen molar-refractivity contribution in [1.82, 2.24) is 0 Å². The lowest BCUT2D eigenvalue weighted by atomic mass is 10.0. The predicted octanol–water partition coefficient (Wildman–Crippen LogP) is 4.53. The van der Waals surface area contributed by atoms with E-state index in [1.807, 2.05) is 12.1 Å². The minimum atomic E-state index is 0.286. The maximum absolute atomic E-state index is 5.96. The minimum Gasteiger partial charge on any atom is -0.491 e. The number of benzene rings is 1. The average Bonchev–Trinajstić information content (AvgIpc) is 3.53. The van der Waals surface area contributed by atoms with Crippen LogP contribution in [-0.2, 0) is 15.9 Å². The van der Waals surface area contributed by atoms with Crippen LogP contribution in [0.4, 0.5) is 0 Å². The Labute approximate surface area is 151 Å². The average molecular weight is 348 g/mol. The molecule has 4 nitrogen and oxygen atoms in total. The van der Waals surface area contributed by atoms with Crippen molar-refractivity contribution < 1.29 is 18.9 Å². The normalized spacial score (nSPS) is 21.2. The molecule has 4 heteroatoms. The molecule has 0 amide bonds. The standard InChI is InChI=1S/C21H32O4/c1-2-3-4-5-6-7-8-9-17-12-18(22-13-19-14-23-19)10-11-21(17)25-16-20-15-24-20/h10-12,19-20H,2-9,13-16H2,1H3. The lowest BCUT2D eigenvalue weighted by Crippen LogP contribution is -2.07. The molecule has 3 rings (SSSR count). The highest BCUT2D eigenvalue weighted by atomic mass is 16.6. The van der Waals surface area contributed by atoms with Crippen LogP contribution in [0.25, 0.3) is 0 Å². The van der Waals surface area contributed by atoms with Gasteiger partial charge in [-0.3, -0.25) is 0 Å². The molecule has 0 radical (unpaired) electrons. The van der Waals surface area contributed by atoms with Crippen molar-refractivity contribution in [2.75, 3.05) is 26.4 Å². The Kier molecular flexibility index (Phi) is 7.43. The third-order valence-corrected chi connectivity index (χ3v) is 4.75. The first-order valence-corrected chi connectivity index (χ1v) is 9.97. The first kappa shape index (κ1) is 18.5. The van der Waals surface area contributed by atoms with Crippen LogP contribution in [0.5, 0.6) is 11.5 Å². The third kappa shape index (κ3) is 7.25. The molecular formula is C21H32O4. The summed E-state index contributed by atoms with van der Waals surface area (Å²) in [6, 6.07) is 6.18. The molecule has 2 aliphatic rings. The van der Waals surface area contributed by atoms with E-state index >= 15 is 0 Å². The molecule has 1 aromatic rings. The zero-order valence-electron chi connectivity index (χ0n) is 15.5. The number of epoxide rings is 2. The van der Waals surface area contributed by atoms with E-state index in [-0.39, 0.29) is 12.2 Å². The van der Waals surface area contributed by atoms with Crippen molar-refractivity contribution in [3.8, 4) is 11.5 Å². The van der Waals surface area contributed by atoms with Gasteiger partial charge in [-0.1, -0.05) is 45.4 Å². The molecular weight excluding hydrogens is 316 g/mol. The third-order valence-electron chi connectivity index (χ3n) is 4.75. The number of ether oxygens (including phenoxy) is 4. The van der Waals surface area contributed by atoms with Crippen LogP contribution in [0, 0.1) is 0 Å². The van der Waals surface area contributed by atoms with Crippen molar-refractivity contribution in [1.29, 1.82) is 0 Å². The Balaban J connectivity index is 1.46. The second-order valence-corrected chi connectivity index (χ2v) is 7.17. The molecule has 0 aromatic heterocycles. The Bertz CT molecular complexity index is 509. The van der Waals surface area contributed by atoms with Gasteiger partial charge in [0.15, 0.2) is 0 Å². The zero-order chi connectivity index (χ0) is 17.3. The van der Waals surface area contributed by atoms with Gasteiger partial charge < -0.3 is 18.9 Å². The predicted molar refractivity (Wildman–Crippen MR) is 98.6 cm³/mol. The van der Waals surface area contributed by atoms with Gasteiger partial charge in [-0.25, -0.2) is 0 Å². The van der Waals surface area contributed by atoms with Crippen LogP contribution in [0.3, 0.4) is 0 Å². The van der Waals surface area contributed by atoms with Crippen molar-refractivity contribution >= 4 is 0 Å². The van der Waals surface area contributed by atoms with Gasteiger partial charge in [0.1, 0.15) is 36.9 Å². The second kappa shape index (κ2) is 10.0. The smallest absolute Gasteiger partial charge is 0.122 e. The topological polar surface area (TPSA) is 43.5 Å². The summed E-state index contributed by atoms with van der Waals surface area (Å²) in [5.41, 5.74) is 1.25. The summed E-state index contributed by atoms with van der Waals surface area (Å²) >= 11 is 0. The van der Waals surface area contributed by atoms with Gasteiger partial charge >= 0.3 is 0 Å². The molecule has 0 N–H and O–H groups in total. The molecule has 0 aliphatic carbocycles. The van der Waals surface area contributed by atoms with Crippen LogP contribution in [-0.4, -0.2) is 38.6 Å². The molecule has 0 spiro atoms. The second-order valence-electron chi connectivity index (χ2n) is 7.17. The number of unbranched alkanes of at least 4 members (excludes halogenated alkanes) is 6. The van der Waals surface area contributed by atoms with E-state index in [9.17, 15) is 0 Å². The van der Waals surface area contributed by atoms with E-state index in [1.54, 1.807) is 0 Å². The highest BCUT2D eigenvalue weighted by molar-refractivity contribution is 5.40. The number of hydrogen-bond donors (Lipinski definition) is 0. The number of aryl methyl sites for hydroxylation is 1. The Morgan fingerprint density at radius 1 is 0.880 bits per heavy atom. The van der Waals surface area contributed by atoms with Crippen LogP contribution < -0.4 is 9.47 Å². The quantitative estimate of drug-likeness (QED) is 0.366. The first-order chi connectivity index (χ1) is 12.3. The number of rotatable bonds is 14. The highest BCUT2D eigenvalue weighted by Crippen LogP contribution is 2.28. The van der Waals surface area contributed by atoms with Crippen molar-refractivity contribution in [3.05, 3.63) is 23.8 Å². The summed E-state index contributed by atoms with van der Waals surface area (Å²) in [6.45, 7) is 5.22. The van der Waals surface area contributed by atoms with E-state index < -0.39 is 0 Å². The molecule has 2 heterocycles. The summed E-state index contributed by atoms with van der Waals surface area (Å²) in [4.78, 5) is 0. The number of hydrogen-bond acceptors (Lipinski definition) is 4. The van der Waals surface area contributed by atoms with Crippen molar-refractivity contribution in [2.24, 2.45) is 0 Å². The van der Waals surface area contributed by atoms with Gasteiger partial charge in [-0.2, -0.15) is 0 Å². The fraction of sp³-hybridized carbons (Fsp3) is 0.714. The molecule has 140 valence electrons. The van der Waals surface area contributed by atoms with Crippen LogP contribution in [0.15, 0.2) is 18.2 Å². The lowest BCUT2D eigenvalue weighted by Gasteiger charge is -2.13. The fourth-order valence-corrected chi connectivity index (χ4v) is 2.95. The molecule has 0 saturated carbocycles. The summed E-state index contributed by atoms with van der Waals surface area (Å²) in [7, 11) is 0. The van der Waals surface area contributed by atoms with E-state index in [1.165, 1.54) is 50.5 Å². The van der Waals surface area contributed by atoms with Gasteiger partial charge in [0, 0.05) is 0 Å². The van der Waals surface area contributed by atoms with Crippen LogP contribution in [0.2, 0.25) is 0 Å². The Hall–Kier alpha value is -1.26. The van der Waals surface area contributed by atoms with Crippen molar-refractivity contribution in [2.45, 2.75) is 70.5 Å². The molecule has 2 fully saturated rings. The van der Waals surface area contributed by atoms with E-state index in [2.05, 4.69) is 13.0 Å². The van der Waals surface area contributed by atoms with E-state index in [0.29, 0.717) is 13.2 Å². The molecule has 0 bridgehead atoms. The molecule has 25 heavy (non-hydrogen) atoms.